The first-order valence-electron chi connectivity index (χ1n) is 8.47. The Hall–Kier alpha value is -2.57. The Morgan fingerprint density at radius 1 is 1.36 bits per heavy atom. The summed E-state index contributed by atoms with van der Waals surface area (Å²) in [5.74, 6) is -0.550. The van der Waals surface area contributed by atoms with Gasteiger partial charge in [-0.15, -0.1) is 0 Å². The van der Waals surface area contributed by atoms with Gasteiger partial charge in [-0.3, -0.25) is 9.59 Å². The van der Waals surface area contributed by atoms with E-state index < -0.39 is 5.91 Å². The molecular weight excluding hydrogens is 318 g/mol. The number of nitrogens with zero attached hydrogens (tertiary/aromatic N) is 2. The lowest BCUT2D eigenvalue weighted by molar-refractivity contribution is -0.121. The second kappa shape index (κ2) is 5.75. The molecule has 2 amide bonds. The Bertz CT molecular complexity index is 841. The van der Waals surface area contributed by atoms with E-state index in [0.29, 0.717) is 11.3 Å². The predicted molar refractivity (Wildman–Crippen MR) is 96.4 cm³/mol. The van der Waals surface area contributed by atoms with E-state index in [-0.39, 0.29) is 22.9 Å². The Kier molecular flexibility index (Phi) is 3.97. The number of amides is 2. The van der Waals surface area contributed by atoms with E-state index in [9.17, 15) is 9.59 Å². The van der Waals surface area contributed by atoms with Crippen LogP contribution in [0, 0.1) is 5.41 Å². The van der Waals surface area contributed by atoms with E-state index >= 15 is 0 Å². The molecule has 134 valence electrons. The molecule has 1 aliphatic carbocycles. The SMILES string of the molecule is CC(=O)N[C@@]1(C)CC[C@@H](Nc2c(C(N)=O)cnn3cccc23)C1(C)C. The van der Waals surface area contributed by atoms with Gasteiger partial charge in [0.05, 0.1) is 23.0 Å². The first kappa shape index (κ1) is 17.3. The lowest BCUT2D eigenvalue weighted by Gasteiger charge is -2.42. The van der Waals surface area contributed by atoms with Gasteiger partial charge < -0.3 is 16.4 Å². The molecule has 0 radical (unpaired) electrons. The van der Waals surface area contributed by atoms with Crippen LogP contribution in [0.25, 0.3) is 5.52 Å². The zero-order valence-corrected chi connectivity index (χ0v) is 15.1. The summed E-state index contributed by atoms with van der Waals surface area (Å²) in [6.45, 7) is 7.88. The van der Waals surface area contributed by atoms with Crippen molar-refractivity contribution in [2.45, 2.75) is 52.1 Å². The molecule has 0 spiro atoms. The van der Waals surface area contributed by atoms with Crippen molar-refractivity contribution >= 4 is 23.0 Å². The van der Waals surface area contributed by atoms with E-state index in [1.165, 1.54) is 6.20 Å². The number of fused-ring (bicyclic) bond motifs is 1. The monoisotopic (exact) mass is 343 g/mol. The van der Waals surface area contributed by atoms with Crippen LogP contribution in [-0.2, 0) is 4.79 Å². The van der Waals surface area contributed by atoms with Crippen LogP contribution in [0.15, 0.2) is 24.5 Å². The van der Waals surface area contributed by atoms with Gasteiger partial charge in [0.1, 0.15) is 0 Å². The molecule has 0 unspecified atom stereocenters. The second-order valence-corrected chi connectivity index (χ2v) is 7.61. The van der Waals surface area contributed by atoms with E-state index in [0.717, 1.165) is 18.4 Å². The fraction of sp³-hybridized carbons (Fsp3) is 0.500. The minimum atomic E-state index is -0.515. The highest BCUT2D eigenvalue weighted by Crippen LogP contribution is 2.47. The molecule has 4 N–H and O–H groups in total. The van der Waals surface area contributed by atoms with Crippen molar-refractivity contribution in [3.05, 3.63) is 30.1 Å². The van der Waals surface area contributed by atoms with E-state index in [2.05, 4.69) is 36.5 Å². The maximum atomic E-state index is 11.9. The Morgan fingerprint density at radius 2 is 2.08 bits per heavy atom. The molecule has 0 saturated heterocycles. The van der Waals surface area contributed by atoms with Crippen LogP contribution in [0.2, 0.25) is 0 Å². The van der Waals surface area contributed by atoms with Crippen LogP contribution in [0.1, 0.15) is 50.9 Å². The van der Waals surface area contributed by atoms with Crippen LogP contribution < -0.4 is 16.4 Å². The number of aromatic nitrogens is 2. The van der Waals surface area contributed by atoms with Crippen molar-refractivity contribution < 1.29 is 9.59 Å². The highest BCUT2D eigenvalue weighted by Gasteiger charge is 2.52. The highest BCUT2D eigenvalue weighted by molar-refractivity contribution is 6.01. The van der Waals surface area contributed by atoms with Crippen LogP contribution in [0.4, 0.5) is 5.69 Å². The third-order valence-corrected chi connectivity index (χ3v) is 5.83. The number of hydrogen-bond donors (Lipinski definition) is 3. The number of nitrogens with one attached hydrogen (secondary N) is 2. The maximum Gasteiger partial charge on any atom is 0.252 e. The molecule has 1 saturated carbocycles. The summed E-state index contributed by atoms with van der Waals surface area (Å²) in [4.78, 5) is 23.5. The first-order chi connectivity index (χ1) is 11.7. The smallest absolute Gasteiger partial charge is 0.252 e. The van der Waals surface area contributed by atoms with Gasteiger partial charge in [-0.2, -0.15) is 5.10 Å². The Labute approximate surface area is 147 Å². The summed E-state index contributed by atoms with van der Waals surface area (Å²) in [6, 6.07) is 3.85. The van der Waals surface area contributed by atoms with Gasteiger partial charge in [-0.1, -0.05) is 13.8 Å². The lowest BCUT2D eigenvalue weighted by Crippen LogP contribution is -2.55. The van der Waals surface area contributed by atoms with Crippen molar-refractivity contribution in [1.82, 2.24) is 14.9 Å². The van der Waals surface area contributed by atoms with Crippen molar-refractivity contribution in [2.75, 3.05) is 5.32 Å². The highest BCUT2D eigenvalue weighted by atomic mass is 16.1. The molecule has 7 heteroatoms. The third-order valence-electron chi connectivity index (χ3n) is 5.83. The molecule has 1 aliphatic rings. The van der Waals surface area contributed by atoms with Gasteiger partial charge in [0.15, 0.2) is 0 Å². The molecule has 2 atom stereocenters. The predicted octanol–water partition coefficient (Wildman–Crippen LogP) is 1.93. The molecule has 0 bridgehead atoms. The maximum absolute atomic E-state index is 11.9. The first-order valence-corrected chi connectivity index (χ1v) is 8.47. The number of rotatable bonds is 4. The summed E-state index contributed by atoms with van der Waals surface area (Å²) < 4.78 is 1.71. The summed E-state index contributed by atoms with van der Waals surface area (Å²) in [7, 11) is 0. The van der Waals surface area contributed by atoms with Crippen LogP contribution >= 0.6 is 0 Å². The van der Waals surface area contributed by atoms with Gasteiger partial charge in [0, 0.05) is 30.1 Å². The molecule has 3 rings (SSSR count). The molecule has 2 heterocycles. The number of anilines is 1. The van der Waals surface area contributed by atoms with Crippen molar-refractivity contribution in [3.8, 4) is 0 Å². The van der Waals surface area contributed by atoms with Crippen molar-refractivity contribution in [2.24, 2.45) is 11.1 Å². The lowest BCUT2D eigenvalue weighted by atomic mass is 9.74. The average Bonchev–Trinajstić information content (AvgIpc) is 3.05. The van der Waals surface area contributed by atoms with Crippen LogP contribution in [0.5, 0.6) is 0 Å². The summed E-state index contributed by atoms with van der Waals surface area (Å²) >= 11 is 0. The van der Waals surface area contributed by atoms with Gasteiger partial charge in [-0.05, 0) is 31.9 Å². The minimum Gasteiger partial charge on any atom is -0.379 e. The number of carbonyl (C=O) groups excluding carboxylic acids is 2. The standard InChI is InChI=1S/C18H25N5O2/c1-11(24)22-18(4)8-7-14(17(18,2)3)21-15-12(16(19)25)10-20-23-9-5-6-13(15)23/h5-6,9-10,14,21H,7-8H2,1-4H3,(H2,19,25)(H,22,24)/t14-,18+/m1/s1. The summed E-state index contributed by atoms with van der Waals surface area (Å²) in [5, 5.41) is 10.9. The largest absolute Gasteiger partial charge is 0.379 e. The zero-order valence-electron chi connectivity index (χ0n) is 15.1. The quantitative estimate of drug-likeness (QED) is 0.789. The van der Waals surface area contributed by atoms with Crippen LogP contribution in [0.3, 0.4) is 0 Å². The fourth-order valence-electron chi connectivity index (χ4n) is 3.87. The Morgan fingerprint density at radius 3 is 2.72 bits per heavy atom. The van der Waals surface area contributed by atoms with Gasteiger partial charge in [0.2, 0.25) is 5.91 Å². The molecule has 0 aromatic carbocycles. The minimum absolute atomic E-state index is 0.0352. The molecule has 25 heavy (non-hydrogen) atoms. The van der Waals surface area contributed by atoms with Crippen molar-refractivity contribution in [3.63, 3.8) is 0 Å². The van der Waals surface area contributed by atoms with E-state index in [4.69, 9.17) is 5.73 Å². The van der Waals surface area contributed by atoms with Gasteiger partial charge in [-0.25, -0.2) is 4.52 Å². The number of hydrogen-bond acceptors (Lipinski definition) is 4. The molecular formula is C18H25N5O2. The average molecular weight is 343 g/mol. The normalized spacial score (nSPS) is 25.0. The molecule has 0 aliphatic heterocycles. The summed E-state index contributed by atoms with van der Waals surface area (Å²) in [6.07, 6.45) is 5.04. The van der Waals surface area contributed by atoms with Gasteiger partial charge in [0.25, 0.3) is 5.91 Å². The van der Waals surface area contributed by atoms with Crippen LogP contribution in [-0.4, -0.2) is 33.0 Å². The molecule has 1 fully saturated rings. The number of primary amides is 1. The third kappa shape index (κ3) is 2.73. The molecule has 2 aromatic heterocycles. The topological polar surface area (TPSA) is 102 Å². The molecule has 2 aromatic rings. The van der Waals surface area contributed by atoms with Gasteiger partial charge >= 0.3 is 0 Å². The number of nitrogens with two attached hydrogens (primary N) is 1. The fourth-order valence-corrected chi connectivity index (χ4v) is 3.87. The second-order valence-electron chi connectivity index (χ2n) is 7.61. The summed E-state index contributed by atoms with van der Waals surface area (Å²) in [5.41, 5.74) is 6.87. The van der Waals surface area contributed by atoms with E-state index in [1.54, 1.807) is 11.4 Å². The zero-order chi connectivity index (χ0) is 18.4. The van der Waals surface area contributed by atoms with E-state index in [1.807, 2.05) is 18.3 Å². The van der Waals surface area contributed by atoms with Crippen molar-refractivity contribution in [1.29, 1.82) is 0 Å². The Balaban J connectivity index is 1.99. The number of carbonyl (C=O) groups is 2. The molecule has 7 nitrogen and oxygen atoms in total.